The first-order valence-corrected chi connectivity index (χ1v) is 16.3. The lowest BCUT2D eigenvalue weighted by atomic mass is 9.98. The molecule has 11 nitrogen and oxygen atoms in total. The van der Waals surface area contributed by atoms with Gasteiger partial charge in [0.25, 0.3) is 0 Å². The van der Waals surface area contributed by atoms with E-state index in [-0.39, 0.29) is 47.2 Å². The van der Waals surface area contributed by atoms with Crippen LogP contribution in [0.2, 0.25) is 0 Å². The summed E-state index contributed by atoms with van der Waals surface area (Å²) in [6, 6.07) is 1.58. The average Bonchev–Trinajstić information content (AvgIpc) is 3.63. The second kappa shape index (κ2) is 17.9. The number of hydrogen-bond donors (Lipinski definition) is 2. The molecule has 1 fully saturated rings. The number of halogens is 3. The van der Waals surface area contributed by atoms with E-state index in [1.807, 2.05) is 6.92 Å². The lowest BCUT2D eigenvalue weighted by molar-refractivity contribution is -0.136. The second-order valence-electron chi connectivity index (χ2n) is 11.1. The summed E-state index contributed by atoms with van der Waals surface area (Å²) in [6.07, 6.45) is 10.3. The standard InChI is InChI=1S/C32H43Cl2FN8O3/c1-6-25(10-9-24(20-33)31(44)41-15-17-42(18-16-41)32(45)26-8-7-12-38-26)40-29-30(37-5)43(14-13-39-29)22(3)21(2)27(34)28(35)23(4)46-19-11-36/h13-15,17,24-26,38H,3,6-10,12,16,18-20H2,1-2,4-5H3,(H,39,40)/b27-21-,28-23-,37-30-/t24?,25-,26+/m1/s1. The summed E-state index contributed by atoms with van der Waals surface area (Å²) < 4.78 is 21.6. The quantitative estimate of drug-likeness (QED) is 0.164. The molecule has 0 saturated carbocycles. The number of aromatic nitrogens is 2. The molecule has 2 amide bonds. The van der Waals surface area contributed by atoms with Gasteiger partial charge in [-0.1, -0.05) is 25.1 Å². The Morgan fingerprint density at radius 1 is 1.30 bits per heavy atom. The number of ether oxygens (including phenoxy) is 1. The van der Waals surface area contributed by atoms with Crippen LogP contribution in [0.5, 0.6) is 0 Å². The molecule has 46 heavy (non-hydrogen) atoms. The third kappa shape index (κ3) is 9.21. The molecule has 250 valence electrons. The highest BCUT2D eigenvalue weighted by atomic mass is 35.5. The van der Waals surface area contributed by atoms with Crippen molar-refractivity contribution in [3.8, 4) is 6.07 Å². The van der Waals surface area contributed by atoms with Gasteiger partial charge < -0.3 is 25.2 Å². The van der Waals surface area contributed by atoms with Crippen molar-refractivity contribution < 1.29 is 18.7 Å². The zero-order valence-electron chi connectivity index (χ0n) is 26.9. The van der Waals surface area contributed by atoms with Gasteiger partial charge in [0, 0.05) is 62.5 Å². The van der Waals surface area contributed by atoms with Crippen molar-refractivity contribution in [2.24, 2.45) is 10.9 Å². The Kier molecular flexibility index (Phi) is 14.3. The minimum absolute atomic E-state index is 0.0409. The van der Waals surface area contributed by atoms with E-state index in [2.05, 4.69) is 27.2 Å². The summed E-state index contributed by atoms with van der Waals surface area (Å²) in [5.74, 6) is -0.669. The van der Waals surface area contributed by atoms with Crippen molar-refractivity contribution in [2.45, 2.75) is 65.0 Å². The van der Waals surface area contributed by atoms with E-state index in [9.17, 15) is 14.0 Å². The SMILES string of the molecule is C=C(/C(C)=C(Cl)/C(F)=C(\C)OCC#N)n1ccnc(N[C@H](CC)CCC(CCl)C(=O)N2C=CN(C(=O)[C@@H]3CCCN3)CC2)/c1=N/C. The van der Waals surface area contributed by atoms with E-state index in [0.29, 0.717) is 48.5 Å². The van der Waals surface area contributed by atoms with Crippen LogP contribution in [0, 0.1) is 17.2 Å². The van der Waals surface area contributed by atoms with Gasteiger partial charge in [0.15, 0.2) is 23.7 Å². The Hall–Kier alpha value is -3.66. The first kappa shape index (κ1) is 36.8. The molecular weight excluding hydrogens is 634 g/mol. The molecule has 0 aromatic carbocycles. The number of rotatable bonds is 14. The average molecular weight is 678 g/mol. The van der Waals surface area contributed by atoms with Crippen molar-refractivity contribution in [2.75, 3.05) is 44.5 Å². The number of hydrogen-bond acceptors (Lipinski definition) is 8. The number of allylic oxidation sites excluding steroid dienone is 5. The number of nitrogens with zero attached hydrogens (tertiary/aromatic N) is 6. The smallest absolute Gasteiger partial charge is 0.243 e. The molecule has 1 unspecified atom stereocenters. The van der Waals surface area contributed by atoms with E-state index >= 15 is 0 Å². The minimum Gasteiger partial charge on any atom is -0.480 e. The van der Waals surface area contributed by atoms with Gasteiger partial charge in [-0.05, 0) is 58.1 Å². The summed E-state index contributed by atoms with van der Waals surface area (Å²) in [6.45, 7) is 10.6. The Bertz CT molecular complexity index is 1480. The molecule has 0 aliphatic carbocycles. The molecule has 0 bridgehead atoms. The molecule has 2 aliphatic heterocycles. The predicted octanol–water partition coefficient (Wildman–Crippen LogP) is 4.86. The molecule has 1 aromatic heterocycles. The first-order chi connectivity index (χ1) is 22.1. The van der Waals surface area contributed by atoms with Crippen LogP contribution in [0.25, 0.3) is 5.70 Å². The maximum atomic E-state index is 14.9. The van der Waals surface area contributed by atoms with Gasteiger partial charge in [0.05, 0.1) is 17.0 Å². The van der Waals surface area contributed by atoms with Gasteiger partial charge in [-0.3, -0.25) is 19.1 Å². The van der Waals surface area contributed by atoms with Gasteiger partial charge in [-0.2, -0.15) is 5.26 Å². The summed E-state index contributed by atoms with van der Waals surface area (Å²) in [5.41, 5.74) is 1.16. The highest BCUT2D eigenvalue weighted by Gasteiger charge is 2.30. The summed E-state index contributed by atoms with van der Waals surface area (Å²) in [5, 5.41) is 15.2. The zero-order chi connectivity index (χ0) is 33.8. The van der Waals surface area contributed by atoms with Crippen LogP contribution >= 0.6 is 23.2 Å². The zero-order valence-corrected chi connectivity index (χ0v) is 28.4. The molecular formula is C32H43Cl2FN8O3. The van der Waals surface area contributed by atoms with E-state index < -0.39 is 11.7 Å². The highest BCUT2D eigenvalue weighted by Crippen LogP contribution is 2.29. The second-order valence-corrected chi connectivity index (χ2v) is 11.8. The molecule has 1 aromatic rings. The Morgan fingerprint density at radius 2 is 2.02 bits per heavy atom. The van der Waals surface area contributed by atoms with E-state index in [1.165, 1.54) is 6.92 Å². The maximum Gasteiger partial charge on any atom is 0.243 e. The van der Waals surface area contributed by atoms with Gasteiger partial charge in [0.1, 0.15) is 11.8 Å². The van der Waals surface area contributed by atoms with Crippen LogP contribution in [-0.2, 0) is 14.3 Å². The number of amides is 2. The summed E-state index contributed by atoms with van der Waals surface area (Å²) in [4.78, 5) is 38.3. The maximum absolute atomic E-state index is 14.9. The van der Waals surface area contributed by atoms with E-state index in [1.54, 1.807) is 59.2 Å². The van der Waals surface area contributed by atoms with Crippen LogP contribution in [0.1, 0.15) is 52.9 Å². The monoisotopic (exact) mass is 676 g/mol. The minimum atomic E-state index is -0.791. The number of nitriles is 1. The van der Waals surface area contributed by atoms with Gasteiger partial charge >= 0.3 is 0 Å². The fourth-order valence-corrected chi connectivity index (χ4v) is 5.77. The van der Waals surface area contributed by atoms with Crippen LogP contribution in [0.3, 0.4) is 0 Å². The van der Waals surface area contributed by atoms with Gasteiger partial charge in [0.2, 0.25) is 11.8 Å². The fraction of sp³-hybridized carbons (Fsp3) is 0.531. The molecule has 3 atom stereocenters. The molecule has 1 saturated heterocycles. The van der Waals surface area contributed by atoms with Crippen LogP contribution < -0.4 is 16.1 Å². The van der Waals surface area contributed by atoms with E-state index in [0.717, 1.165) is 25.8 Å². The third-order valence-corrected chi connectivity index (χ3v) is 8.97. The summed E-state index contributed by atoms with van der Waals surface area (Å²) >= 11 is 12.6. The van der Waals surface area contributed by atoms with Crippen molar-refractivity contribution in [3.05, 3.63) is 59.1 Å². The topological polar surface area (TPSA) is 128 Å². The van der Waals surface area contributed by atoms with Crippen LogP contribution in [0.4, 0.5) is 10.2 Å². The molecule has 3 heterocycles. The van der Waals surface area contributed by atoms with Crippen LogP contribution in [-0.4, -0.2) is 82.4 Å². The molecule has 2 aliphatic rings. The van der Waals surface area contributed by atoms with Gasteiger partial charge in [-0.15, -0.1) is 11.6 Å². The lowest BCUT2D eigenvalue weighted by Crippen LogP contribution is -2.47. The van der Waals surface area contributed by atoms with Crippen LogP contribution in [0.15, 0.2) is 58.6 Å². The van der Waals surface area contributed by atoms with Crippen molar-refractivity contribution in [1.29, 1.82) is 5.26 Å². The normalized spacial score (nSPS) is 19.2. The number of anilines is 1. The molecule has 3 rings (SSSR count). The fourth-order valence-electron chi connectivity index (χ4n) is 5.24. The summed E-state index contributed by atoms with van der Waals surface area (Å²) in [7, 11) is 1.61. The predicted molar refractivity (Wildman–Crippen MR) is 178 cm³/mol. The number of alkyl halides is 1. The number of carbonyl (C=O) groups excluding carboxylic acids is 2. The molecule has 0 spiro atoms. The Labute approximate surface area is 280 Å². The van der Waals surface area contributed by atoms with E-state index in [4.69, 9.17) is 33.2 Å². The largest absolute Gasteiger partial charge is 0.480 e. The number of carbonyl (C=O) groups is 2. The Morgan fingerprint density at radius 3 is 2.61 bits per heavy atom. The highest BCUT2D eigenvalue weighted by molar-refractivity contribution is 6.32. The molecule has 2 N–H and O–H groups in total. The van der Waals surface area contributed by atoms with Gasteiger partial charge in [-0.25, -0.2) is 9.37 Å². The van der Waals surface area contributed by atoms with Crippen molar-refractivity contribution in [3.63, 3.8) is 0 Å². The third-order valence-electron chi connectivity index (χ3n) is 8.14. The first-order valence-electron chi connectivity index (χ1n) is 15.4. The number of nitrogens with one attached hydrogen (secondary N) is 2. The van der Waals surface area contributed by atoms with Crippen molar-refractivity contribution >= 4 is 46.5 Å². The van der Waals surface area contributed by atoms with Crippen molar-refractivity contribution in [1.82, 2.24) is 24.7 Å². The lowest BCUT2D eigenvalue weighted by Gasteiger charge is -2.32. The molecule has 0 radical (unpaired) electrons. The molecule has 14 heteroatoms. The Balaban J connectivity index is 1.69.